The highest BCUT2D eigenvalue weighted by Gasteiger charge is 2.22. The van der Waals surface area contributed by atoms with E-state index in [0.29, 0.717) is 18.3 Å². The molecule has 0 aromatic carbocycles. The van der Waals surface area contributed by atoms with Crippen LogP contribution in [0, 0.1) is 11.8 Å². The zero-order valence-electron chi connectivity index (χ0n) is 26.2. The lowest BCUT2D eigenvalue weighted by Gasteiger charge is -2.19. The highest BCUT2D eigenvalue weighted by atomic mass is 32.2. The maximum atomic E-state index is 12.5. The van der Waals surface area contributed by atoms with Gasteiger partial charge in [0.1, 0.15) is 6.04 Å². The van der Waals surface area contributed by atoms with Crippen LogP contribution in [0.1, 0.15) is 85.0 Å². The van der Waals surface area contributed by atoms with Crippen LogP contribution in [0.3, 0.4) is 0 Å². The molecule has 0 aliphatic rings. The minimum Gasteiger partial charge on any atom is -0.394 e. The lowest BCUT2D eigenvalue weighted by molar-refractivity contribution is -0.131. The maximum absolute atomic E-state index is 12.5. The van der Waals surface area contributed by atoms with Crippen molar-refractivity contribution >= 4 is 31.2 Å². The fraction of sp³-hybridized carbons (Fsp3) is 0.931. The number of rotatable bonds is 30. The first kappa shape index (κ1) is 41.3. The second-order valence-electron chi connectivity index (χ2n) is 10.9. The predicted molar refractivity (Wildman–Crippen MR) is 169 cm³/mol. The molecule has 2 amide bonds. The number of nitrogens with one attached hydrogen (secondary N) is 2. The smallest absolute Gasteiger partial charge is 0.327 e. The molecule has 250 valence electrons. The number of aliphatic hydroxyl groups is 1. The summed E-state index contributed by atoms with van der Waals surface area (Å²) < 4.78 is 26.9. The first-order valence-electron chi connectivity index (χ1n) is 15.6. The highest BCUT2D eigenvalue weighted by molar-refractivity contribution is 7.99. The van der Waals surface area contributed by atoms with Crippen LogP contribution in [0.15, 0.2) is 0 Å². The van der Waals surface area contributed by atoms with Gasteiger partial charge in [-0.3, -0.25) is 14.2 Å². The van der Waals surface area contributed by atoms with Gasteiger partial charge in [-0.1, -0.05) is 78.6 Å². The Morgan fingerprint density at radius 1 is 0.786 bits per heavy atom. The fourth-order valence-corrected chi connectivity index (χ4v) is 5.44. The SMILES string of the molecule is CCCCCCCCCCCCOC[C@@H](C)CSC[C@H](C)C(=O)N[C@@H](CO)C(=O)NCCOCCOCCP(=O)(O)O. The number of ether oxygens (including phenoxy) is 3. The van der Waals surface area contributed by atoms with E-state index < -0.39 is 26.2 Å². The van der Waals surface area contributed by atoms with Gasteiger partial charge in [0.15, 0.2) is 0 Å². The van der Waals surface area contributed by atoms with Gasteiger partial charge < -0.3 is 39.7 Å². The van der Waals surface area contributed by atoms with Crippen molar-refractivity contribution in [3.63, 3.8) is 0 Å². The number of hydrogen-bond donors (Lipinski definition) is 5. The molecular formula is C29H59N2O9PS. The molecule has 0 aromatic heterocycles. The summed E-state index contributed by atoms with van der Waals surface area (Å²) in [6.07, 6.45) is 12.8. The molecule has 0 saturated carbocycles. The molecule has 0 aromatic rings. The van der Waals surface area contributed by atoms with Crippen molar-refractivity contribution < 1.29 is 43.3 Å². The summed E-state index contributed by atoms with van der Waals surface area (Å²) >= 11 is 1.68. The third kappa shape index (κ3) is 26.9. The number of unbranched alkanes of at least 4 members (excludes halogenated alkanes) is 9. The Morgan fingerprint density at radius 2 is 1.38 bits per heavy atom. The van der Waals surface area contributed by atoms with E-state index in [2.05, 4.69) is 24.5 Å². The van der Waals surface area contributed by atoms with E-state index >= 15 is 0 Å². The standard InChI is InChI=1S/C29H59N2O9PS/c1-4-5-6-7-8-9-10-11-12-13-15-40-22-25(2)23-42-24-26(3)28(33)31-27(21-32)29(34)30-14-16-38-17-18-39-19-20-41(35,36)37/h25-27,32H,4-24H2,1-3H3,(H,30,34)(H,31,33)(H2,35,36,37)/t25-,26+,27+/m1/s1. The summed E-state index contributed by atoms with van der Waals surface area (Å²) in [5, 5.41) is 14.8. The molecule has 3 atom stereocenters. The Bertz CT molecular complexity index is 715. The topological polar surface area (TPSA) is 164 Å². The predicted octanol–water partition coefficient (Wildman–Crippen LogP) is 3.73. The van der Waals surface area contributed by atoms with Gasteiger partial charge in [-0.15, -0.1) is 0 Å². The van der Waals surface area contributed by atoms with Crippen LogP contribution in [0.2, 0.25) is 0 Å². The van der Waals surface area contributed by atoms with Crippen molar-refractivity contribution in [1.82, 2.24) is 10.6 Å². The molecule has 0 aliphatic heterocycles. The first-order valence-corrected chi connectivity index (χ1v) is 18.6. The number of thioether (sulfide) groups is 1. The van der Waals surface area contributed by atoms with E-state index in [4.69, 9.17) is 24.0 Å². The van der Waals surface area contributed by atoms with Crippen molar-refractivity contribution in [2.24, 2.45) is 11.8 Å². The van der Waals surface area contributed by atoms with E-state index in [9.17, 15) is 19.3 Å². The second kappa shape index (κ2) is 27.8. The molecule has 5 N–H and O–H groups in total. The van der Waals surface area contributed by atoms with Crippen LogP contribution in [0.4, 0.5) is 0 Å². The lowest BCUT2D eigenvalue weighted by atomic mass is 10.1. The molecular weight excluding hydrogens is 583 g/mol. The van der Waals surface area contributed by atoms with Crippen LogP contribution in [-0.4, -0.2) is 103 Å². The summed E-state index contributed by atoms with van der Waals surface area (Å²) in [7, 11) is -4.06. The van der Waals surface area contributed by atoms with Crippen LogP contribution in [0.5, 0.6) is 0 Å². The summed E-state index contributed by atoms with van der Waals surface area (Å²) in [5.41, 5.74) is 0. The van der Waals surface area contributed by atoms with Crippen molar-refractivity contribution in [3.05, 3.63) is 0 Å². The number of carbonyl (C=O) groups excluding carboxylic acids is 2. The summed E-state index contributed by atoms with van der Waals surface area (Å²) in [6, 6.07) is -1.04. The number of amides is 2. The minimum atomic E-state index is -4.06. The minimum absolute atomic E-state index is 0.0634. The molecule has 0 bridgehead atoms. The summed E-state index contributed by atoms with van der Waals surface area (Å²) in [5.74, 6) is 0.779. The van der Waals surface area contributed by atoms with Gasteiger partial charge in [0, 0.05) is 31.4 Å². The van der Waals surface area contributed by atoms with Crippen molar-refractivity contribution in [2.45, 2.75) is 91.0 Å². The Balaban J connectivity index is 3.82. The van der Waals surface area contributed by atoms with Crippen molar-refractivity contribution in [1.29, 1.82) is 0 Å². The third-order valence-electron chi connectivity index (χ3n) is 6.52. The molecule has 0 spiro atoms. The van der Waals surface area contributed by atoms with E-state index in [1.165, 1.54) is 57.8 Å². The summed E-state index contributed by atoms with van der Waals surface area (Å²) in [4.78, 5) is 42.3. The Hall–Kier alpha value is -0.720. The van der Waals surface area contributed by atoms with E-state index in [1.807, 2.05) is 0 Å². The first-order chi connectivity index (χ1) is 20.1. The van der Waals surface area contributed by atoms with Gasteiger partial charge in [0.25, 0.3) is 0 Å². The second-order valence-corrected chi connectivity index (χ2v) is 13.8. The Morgan fingerprint density at radius 3 is 1.98 bits per heavy atom. The van der Waals surface area contributed by atoms with Gasteiger partial charge in [-0.2, -0.15) is 11.8 Å². The van der Waals surface area contributed by atoms with Crippen molar-refractivity contribution in [2.75, 3.05) is 70.5 Å². The molecule has 42 heavy (non-hydrogen) atoms. The zero-order valence-corrected chi connectivity index (χ0v) is 27.9. The molecule has 0 aliphatic carbocycles. The van der Waals surface area contributed by atoms with Crippen LogP contribution < -0.4 is 10.6 Å². The van der Waals surface area contributed by atoms with Gasteiger partial charge >= 0.3 is 7.60 Å². The largest absolute Gasteiger partial charge is 0.394 e. The fourth-order valence-electron chi connectivity index (χ4n) is 3.93. The number of carbonyl (C=O) groups is 2. The molecule has 0 unspecified atom stereocenters. The lowest BCUT2D eigenvalue weighted by Crippen LogP contribution is -2.51. The van der Waals surface area contributed by atoms with Gasteiger partial charge in [0.2, 0.25) is 11.8 Å². The highest BCUT2D eigenvalue weighted by Crippen LogP contribution is 2.33. The van der Waals surface area contributed by atoms with Crippen LogP contribution >= 0.6 is 19.4 Å². The number of aliphatic hydroxyl groups excluding tert-OH is 1. The molecule has 0 saturated heterocycles. The summed E-state index contributed by atoms with van der Waals surface area (Å²) in [6.45, 7) is 7.88. The average molecular weight is 643 g/mol. The molecule has 13 heteroatoms. The molecule has 0 radical (unpaired) electrons. The Kier molecular flexibility index (Phi) is 27.3. The quantitative estimate of drug-likeness (QED) is 0.0576. The van der Waals surface area contributed by atoms with Crippen LogP contribution in [0.25, 0.3) is 0 Å². The molecule has 0 fully saturated rings. The molecule has 11 nitrogen and oxygen atoms in total. The van der Waals surface area contributed by atoms with Gasteiger partial charge in [-0.25, -0.2) is 0 Å². The van der Waals surface area contributed by atoms with Gasteiger partial charge in [-0.05, 0) is 18.1 Å². The number of hydrogen-bond acceptors (Lipinski definition) is 8. The monoisotopic (exact) mass is 642 g/mol. The van der Waals surface area contributed by atoms with E-state index in [-0.39, 0.29) is 51.0 Å². The zero-order chi connectivity index (χ0) is 31.5. The van der Waals surface area contributed by atoms with Gasteiger partial charge in [0.05, 0.1) is 39.2 Å². The van der Waals surface area contributed by atoms with E-state index in [1.54, 1.807) is 18.7 Å². The third-order valence-corrected chi connectivity index (χ3v) is 8.83. The maximum Gasteiger partial charge on any atom is 0.327 e. The van der Waals surface area contributed by atoms with Crippen LogP contribution in [-0.2, 0) is 28.4 Å². The molecule has 0 heterocycles. The Labute approximate surface area is 258 Å². The van der Waals surface area contributed by atoms with Crippen molar-refractivity contribution in [3.8, 4) is 0 Å². The normalized spacial score (nSPS) is 14.0. The average Bonchev–Trinajstić information content (AvgIpc) is 2.94. The van der Waals surface area contributed by atoms with E-state index in [0.717, 1.165) is 18.8 Å². The molecule has 0 rings (SSSR count).